The van der Waals surface area contributed by atoms with E-state index in [2.05, 4.69) is 19.9 Å². The molecule has 0 spiro atoms. The number of benzene rings is 1. The van der Waals surface area contributed by atoms with Crippen LogP contribution in [0.25, 0.3) is 11.0 Å². The van der Waals surface area contributed by atoms with Crippen LogP contribution in [0, 0.1) is 5.92 Å². The summed E-state index contributed by atoms with van der Waals surface area (Å²) in [6, 6.07) is 7.84. The molecule has 2 aromatic heterocycles. The molecule has 7 nitrogen and oxygen atoms in total. The number of aryl methyl sites for hydroxylation is 1. The van der Waals surface area contributed by atoms with Crippen LogP contribution in [0.15, 0.2) is 43.0 Å². The number of nitrogens with zero attached hydrogens (tertiary/aromatic N) is 6. The highest BCUT2D eigenvalue weighted by Gasteiger charge is 2.23. The summed E-state index contributed by atoms with van der Waals surface area (Å²) in [4.78, 5) is 18.7. The third kappa shape index (κ3) is 3.55. The zero-order chi connectivity index (χ0) is 17.1. The van der Waals surface area contributed by atoms with Crippen LogP contribution < -0.4 is 0 Å². The molecule has 1 saturated heterocycles. The standard InChI is InChI=1S/C18H22N6O/c25-18(7-10-24-17-6-2-1-5-16(17)20-21-24)23-9-3-4-15(13-23)12-22-11-8-19-14-22/h1-2,5-6,8,11,14-15H,3-4,7,9-10,12-13H2/t15-/m0/s1. The molecule has 1 aromatic carbocycles. The maximum atomic E-state index is 12.6. The highest BCUT2D eigenvalue weighted by atomic mass is 16.2. The molecule has 0 N–H and O–H groups in total. The first-order valence-electron chi connectivity index (χ1n) is 8.81. The van der Waals surface area contributed by atoms with Crippen LogP contribution in [0.4, 0.5) is 0 Å². The predicted molar refractivity (Wildman–Crippen MR) is 93.7 cm³/mol. The van der Waals surface area contributed by atoms with Crippen LogP contribution in [-0.2, 0) is 17.9 Å². The molecule has 3 heterocycles. The first-order valence-corrected chi connectivity index (χ1v) is 8.81. The number of aromatic nitrogens is 5. The van der Waals surface area contributed by atoms with Gasteiger partial charge >= 0.3 is 0 Å². The zero-order valence-electron chi connectivity index (χ0n) is 14.2. The molecule has 1 atom stereocenters. The van der Waals surface area contributed by atoms with Gasteiger partial charge in [-0.3, -0.25) is 4.79 Å². The predicted octanol–water partition coefficient (Wildman–Crippen LogP) is 1.96. The lowest BCUT2D eigenvalue weighted by Gasteiger charge is -2.33. The van der Waals surface area contributed by atoms with E-state index in [0.717, 1.165) is 43.5 Å². The molecule has 0 radical (unpaired) electrons. The van der Waals surface area contributed by atoms with Gasteiger partial charge in [0.15, 0.2) is 0 Å². The number of piperidine rings is 1. The number of fused-ring (bicyclic) bond motifs is 1. The average Bonchev–Trinajstić information content (AvgIpc) is 3.30. The number of likely N-dealkylation sites (tertiary alicyclic amines) is 1. The van der Waals surface area contributed by atoms with Gasteiger partial charge in [-0.1, -0.05) is 17.3 Å². The number of rotatable bonds is 5. The van der Waals surface area contributed by atoms with Crippen molar-refractivity contribution >= 4 is 16.9 Å². The van der Waals surface area contributed by atoms with Crippen LogP contribution >= 0.6 is 0 Å². The number of hydrogen-bond acceptors (Lipinski definition) is 4. The summed E-state index contributed by atoms with van der Waals surface area (Å²) in [6.07, 6.45) is 8.32. The molecule has 25 heavy (non-hydrogen) atoms. The third-order valence-electron chi connectivity index (χ3n) is 4.86. The van der Waals surface area contributed by atoms with Gasteiger partial charge in [-0.2, -0.15) is 0 Å². The van der Waals surface area contributed by atoms with Crippen molar-refractivity contribution in [3.05, 3.63) is 43.0 Å². The summed E-state index contributed by atoms with van der Waals surface area (Å²) >= 11 is 0. The maximum absolute atomic E-state index is 12.6. The lowest BCUT2D eigenvalue weighted by molar-refractivity contribution is -0.133. The molecule has 0 bridgehead atoms. The van der Waals surface area contributed by atoms with E-state index in [4.69, 9.17) is 0 Å². The number of carbonyl (C=O) groups is 1. The monoisotopic (exact) mass is 338 g/mol. The minimum Gasteiger partial charge on any atom is -0.342 e. The summed E-state index contributed by atoms with van der Waals surface area (Å²) < 4.78 is 3.92. The number of para-hydroxylation sites is 1. The van der Waals surface area contributed by atoms with Crippen LogP contribution in [0.5, 0.6) is 0 Å². The lowest BCUT2D eigenvalue weighted by Crippen LogP contribution is -2.41. The first-order chi connectivity index (χ1) is 12.3. The van der Waals surface area contributed by atoms with E-state index in [-0.39, 0.29) is 5.91 Å². The van der Waals surface area contributed by atoms with Crippen molar-refractivity contribution in [3.63, 3.8) is 0 Å². The topological polar surface area (TPSA) is 68.8 Å². The van der Waals surface area contributed by atoms with Crippen molar-refractivity contribution in [1.29, 1.82) is 0 Å². The summed E-state index contributed by atoms with van der Waals surface area (Å²) in [6.45, 7) is 3.19. The van der Waals surface area contributed by atoms with Crippen molar-refractivity contribution in [2.45, 2.75) is 32.4 Å². The van der Waals surface area contributed by atoms with E-state index in [1.807, 2.05) is 46.4 Å². The third-order valence-corrected chi connectivity index (χ3v) is 4.86. The van der Waals surface area contributed by atoms with E-state index in [9.17, 15) is 4.79 Å². The Morgan fingerprint density at radius 3 is 3.08 bits per heavy atom. The Kier molecular flexibility index (Phi) is 4.45. The maximum Gasteiger partial charge on any atom is 0.224 e. The molecule has 3 aromatic rings. The van der Waals surface area contributed by atoms with Crippen molar-refractivity contribution in [1.82, 2.24) is 29.4 Å². The van der Waals surface area contributed by atoms with Gasteiger partial charge in [0, 0.05) is 38.4 Å². The molecule has 1 amide bonds. The normalized spacial score (nSPS) is 17.9. The first kappa shape index (κ1) is 15.8. The Balaban J connectivity index is 1.34. The molecular formula is C18H22N6O. The molecule has 7 heteroatoms. The SMILES string of the molecule is O=C(CCn1nnc2ccccc21)N1CCC[C@@H](Cn2ccnc2)C1. The van der Waals surface area contributed by atoms with E-state index >= 15 is 0 Å². The van der Waals surface area contributed by atoms with Crippen LogP contribution in [0.1, 0.15) is 19.3 Å². The van der Waals surface area contributed by atoms with Crippen molar-refractivity contribution in [2.24, 2.45) is 5.92 Å². The molecule has 0 unspecified atom stereocenters. The molecular weight excluding hydrogens is 316 g/mol. The molecule has 1 aliphatic rings. The van der Waals surface area contributed by atoms with Gasteiger partial charge in [0.05, 0.1) is 18.4 Å². The van der Waals surface area contributed by atoms with E-state index in [0.29, 0.717) is 18.9 Å². The van der Waals surface area contributed by atoms with Crippen molar-refractivity contribution in [2.75, 3.05) is 13.1 Å². The van der Waals surface area contributed by atoms with E-state index < -0.39 is 0 Å². The van der Waals surface area contributed by atoms with Crippen LogP contribution in [0.2, 0.25) is 0 Å². The van der Waals surface area contributed by atoms with Crippen LogP contribution in [-0.4, -0.2) is 48.4 Å². The summed E-state index contributed by atoms with van der Waals surface area (Å²) in [7, 11) is 0. The zero-order valence-corrected chi connectivity index (χ0v) is 14.2. The largest absolute Gasteiger partial charge is 0.342 e. The quantitative estimate of drug-likeness (QED) is 0.713. The summed E-state index contributed by atoms with van der Waals surface area (Å²) in [5.74, 6) is 0.703. The minimum atomic E-state index is 0.204. The summed E-state index contributed by atoms with van der Waals surface area (Å²) in [5, 5.41) is 8.31. The van der Waals surface area contributed by atoms with Gasteiger partial charge in [-0.15, -0.1) is 5.10 Å². The lowest BCUT2D eigenvalue weighted by atomic mass is 9.97. The minimum absolute atomic E-state index is 0.204. The number of hydrogen-bond donors (Lipinski definition) is 0. The van der Waals surface area contributed by atoms with Gasteiger partial charge in [-0.05, 0) is 30.9 Å². The Hall–Kier alpha value is -2.70. The number of amides is 1. The number of imidazole rings is 1. The highest BCUT2D eigenvalue weighted by Crippen LogP contribution is 2.19. The Morgan fingerprint density at radius 2 is 2.20 bits per heavy atom. The second-order valence-corrected chi connectivity index (χ2v) is 6.66. The highest BCUT2D eigenvalue weighted by molar-refractivity contribution is 5.77. The molecule has 130 valence electrons. The molecule has 4 rings (SSSR count). The molecule has 1 fully saturated rings. The van der Waals surface area contributed by atoms with E-state index in [1.54, 1.807) is 6.20 Å². The fourth-order valence-electron chi connectivity index (χ4n) is 3.58. The Morgan fingerprint density at radius 1 is 1.28 bits per heavy atom. The van der Waals surface area contributed by atoms with Gasteiger partial charge in [0.25, 0.3) is 0 Å². The second-order valence-electron chi connectivity index (χ2n) is 6.66. The molecule has 1 aliphatic heterocycles. The van der Waals surface area contributed by atoms with Gasteiger partial charge < -0.3 is 9.47 Å². The van der Waals surface area contributed by atoms with Gasteiger partial charge in [0.1, 0.15) is 5.52 Å². The van der Waals surface area contributed by atoms with E-state index in [1.165, 1.54) is 0 Å². The fraction of sp³-hybridized carbons (Fsp3) is 0.444. The van der Waals surface area contributed by atoms with Crippen molar-refractivity contribution in [3.8, 4) is 0 Å². The Labute approximate surface area is 146 Å². The van der Waals surface area contributed by atoms with Crippen molar-refractivity contribution < 1.29 is 4.79 Å². The molecule has 0 saturated carbocycles. The van der Waals surface area contributed by atoms with Gasteiger partial charge in [0.2, 0.25) is 5.91 Å². The Bertz CT molecular complexity index is 840. The second kappa shape index (κ2) is 7.04. The average molecular weight is 338 g/mol. The fourth-order valence-corrected chi connectivity index (χ4v) is 3.58. The van der Waals surface area contributed by atoms with Gasteiger partial charge in [-0.25, -0.2) is 9.67 Å². The summed E-state index contributed by atoms with van der Waals surface area (Å²) in [5.41, 5.74) is 1.85. The number of carbonyl (C=O) groups excluding carboxylic acids is 1. The molecule has 0 aliphatic carbocycles. The van der Waals surface area contributed by atoms with Crippen LogP contribution in [0.3, 0.4) is 0 Å². The smallest absolute Gasteiger partial charge is 0.224 e.